The van der Waals surface area contributed by atoms with Crippen molar-refractivity contribution in [2.75, 3.05) is 26.4 Å². The zero-order valence-corrected chi connectivity index (χ0v) is 49.2. The van der Waals surface area contributed by atoms with E-state index in [1.807, 2.05) is 13.8 Å². The summed E-state index contributed by atoms with van der Waals surface area (Å²) in [6.07, 6.45) is 2.39. The molecule has 2 nitrogen and oxygen atoms in total. The van der Waals surface area contributed by atoms with E-state index in [2.05, 4.69) is 69.2 Å². The molecule has 36 heavy (non-hydrogen) atoms. The van der Waals surface area contributed by atoms with Gasteiger partial charge in [0.2, 0.25) is 0 Å². The Kier molecular flexibility index (Phi) is 502. The quantitative estimate of drug-likeness (QED) is 0.207. The summed E-state index contributed by atoms with van der Waals surface area (Å²) in [6, 6.07) is 0. The van der Waals surface area contributed by atoms with Gasteiger partial charge in [0, 0.05) is 13.2 Å². The standard InChI is InChI=1S/2C5H11.2C4H9O.2C2H5.6CH3.6K/c2*1-4-5(2)3;2*1-3-5-4-2;2*1-2;;;;;;;;;;;;/h2*5H,2,4H2,1,3H3;2*1,3-4H2,2H3;2*1H2,2H3;6*1H3;;;;;;/q12*-1;6*+1. The van der Waals surface area contributed by atoms with Crippen LogP contribution in [0.25, 0.3) is 0 Å². The molecule has 0 aromatic rings. The van der Waals surface area contributed by atoms with Crippen LogP contribution in [-0.4, -0.2) is 26.4 Å². The van der Waals surface area contributed by atoms with Crippen molar-refractivity contribution in [3.05, 3.63) is 86.1 Å². The average molecular weight is 671 g/mol. The van der Waals surface area contributed by atoms with Crippen molar-refractivity contribution in [2.45, 2.75) is 68.2 Å². The van der Waals surface area contributed by atoms with E-state index >= 15 is 0 Å². The normalized spacial score (nSPS) is 6.83. The van der Waals surface area contributed by atoms with E-state index in [1.54, 1.807) is 13.8 Å². The van der Waals surface area contributed by atoms with Crippen LogP contribution < -0.4 is 308 Å². The first-order chi connectivity index (χ1) is 11.4. The molecule has 0 bridgehead atoms. The van der Waals surface area contributed by atoms with Crippen molar-refractivity contribution < 1.29 is 318 Å². The zero-order valence-electron chi connectivity index (χ0n) is 30.5. The Labute approximate surface area is 495 Å². The van der Waals surface area contributed by atoms with Gasteiger partial charge >= 0.3 is 308 Å². The number of hydrogen-bond acceptors (Lipinski definition) is 2. The molecule has 0 aliphatic heterocycles. The fourth-order valence-electron chi connectivity index (χ4n) is 0.289. The summed E-state index contributed by atoms with van der Waals surface area (Å²) < 4.78 is 9.44. The Morgan fingerprint density at radius 2 is 0.583 bits per heavy atom. The number of hydrogen-bond donors (Lipinski definition) is 0. The van der Waals surface area contributed by atoms with Gasteiger partial charge in [-0.1, -0.05) is 53.8 Å². The zero-order chi connectivity index (χ0) is 20.8. The maximum atomic E-state index is 4.72. The van der Waals surface area contributed by atoms with Gasteiger partial charge in [0.1, 0.15) is 0 Å². The van der Waals surface area contributed by atoms with E-state index < -0.39 is 0 Å². The predicted octanol–water partition coefficient (Wildman–Crippen LogP) is -8.15. The number of ether oxygens (including phenoxy) is 2. The molecule has 0 rings (SSSR count). The summed E-state index contributed by atoms with van der Waals surface area (Å²) in [5, 5.41) is 0. The van der Waals surface area contributed by atoms with E-state index in [0.29, 0.717) is 25.0 Å². The van der Waals surface area contributed by atoms with Gasteiger partial charge in [-0.25, -0.2) is 0 Å². The molecular weight excluding hydrogens is 603 g/mol. The molecule has 0 spiro atoms. The van der Waals surface area contributed by atoms with Crippen LogP contribution in [0.3, 0.4) is 0 Å². The van der Waals surface area contributed by atoms with Crippen LogP contribution in [0.5, 0.6) is 0 Å². The summed E-state index contributed by atoms with van der Waals surface area (Å²) in [6.45, 7) is 39.6. The minimum atomic E-state index is 0. The smallest absolute Gasteiger partial charge is 0.414 e. The van der Waals surface area contributed by atoms with Gasteiger partial charge in [0.15, 0.2) is 0 Å². The van der Waals surface area contributed by atoms with Crippen molar-refractivity contribution in [1.82, 2.24) is 0 Å². The average Bonchev–Trinajstić information content (AvgIpc) is 2.61. The molecule has 0 aliphatic rings. The minimum absolute atomic E-state index is 0. The topological polar surface area (TPSA) is 18.5 Å². The first-order valence-corrected chi connectivity index (χ1v) is 9.19. The van der Waals surface area contributed by atoms with E-state index in [0.717, 1.165) is 13.2 Å². The molecule has 0 aromatic carbocycles. The third-order valence-corrected chi connectivity index (χ3v) is 2.09. The molecule has 0 aromatic heterocycles. The van der Waals surface area contributed by atoms with Crippen LogP contribution >= 0.6 is 0 Å². The molecule has 2 atom stereocenters. The van der Waals surface area contributed by atoms with E-state index in [4.69, 9.17) is 9.47 Å². The van der Waals surface area contributed by atoms with Crippen LogP contribution in [0.15, 0.2) is 0 Å². The Balaban J connectivity index is -0.00000000647. The molecule has 0 radical (unpaired) electrons. The molecule has 0 amide bonds. The monoisotopic (exact) mass is 670 g/mol. The molecule has 0 fully saturated rings. The van der Waals surface area contributed by atoms with Crippen molar-refractivity contribution >= 4 is 0 Å². The van der Waals surface area contributed by atoms with Gasteiger partial charge in [-0.2, -0.15) is 25.7 Å². The van der Waals surface area contributed by atoms with Crippen molar-refractivity contribution in [1.29, 1.82) is 0 Å². The maximum absolute atomic E-state index is 4.72. The van der Waals surface area contributed by atoms with Crippen LogP contribution in [0.1, 0.15) is 68.2 Å². The largest absolute Gasteiger partial charge is 1.00 e. The van der Waals surface area contributed by atoms with Gasteiger partial charge in [-0.15, -0.1) is 0 Å². The van der Waals surface area contributed by atoms with Gasteiger partial charge in [0.25, 0.3) is 0 Å². The second kappa shape index (κ2) is 152. The van der Waals surface area contributed by atoms with Gasteiger partial charge in [-0.3, -0.25) is 0 Å². The van der Waals surface area contributed by atoms with Crippen LogP contribution in [0.4, 0.5) is 0 Å². The Morgan fingerprint density at radius 1 is 0.472 bits per heavy atom. The second-order valence-corrected chi connectivity index (χ2v) is 4.42. The molecule has 0 saturated heterocycles. The number of rotatable bonds is 6. The van der Waals surface area contributed by atoms with E-state index in [1.165, 1.54) is 12.8 Å². The fraction of sp³-hybridized carbons (Fsp3) is 0.571. The van der Waals surface area contributed by atoms with E-state index in [9.17, 15) is 0 Å². The summed E-state index contributed by atoms with van der Waals surface area (Å²) in [5.74, 6) is 1.27. The summed E-state index contributed by atoms with van der Waals surface area (Å²) >= 11 is 0. The van der Waals surface area contributed by atoms with Gasteiger partial charge in [-0.05, 0) is 13.8 Å². The van der Waals surface area contributed by atoms with E-state index in [-0.39, 0.29) is 353 Å². The van der Waals surface area contributed by atoms with Crippen molar-refractivity contribution in [2.24, 2.45) is 11.8 Å². The van der Waals surface area contributed by atoms with Crippen molar-refractivity contribution in [3.8, 4) is 0 Å². The van der Waals surface area contributed by atoms with Gasteiger partial charge < -0.3 is 95.6 Å². The van der Waals surface area contributed by atoms with Gasteiger partial charge in [0.05, 0.1) is 0 Å². The second-order valence-electron chi connectivity index (χ2n) is 4.42. The third kappa shape index (κ3) is 254. The Bertz CT molecular complexity index is 119. The summed E-state index contributed by atoms with van der Waals surface area (Å²) in [4.78, 5) is 0. The predicted molar refractivity (Wildman–Crippen MR) is 154 cm³/mol. The SMILES string of the molecule is [CH2-]C.[CH2-]C.[CH2-]C(C)CC.[CH2-]C(C)CC.[CH2-]COCC.[CH2-]COCC.[CH3-].[CH3-].[CH3-].[CH3-].[CH3-].[CH3-].[K+].[K+].[K+].[K+].[K+].[K+]. The van der Waals surface area contributed by atoms with Crippen LogP contribution in [-0.2, 0) is 9.47 Å². The molecule has 0 heterocycles. The maximum Gasteiger partial charge on any atom is 1.00 e. The Morgan fingerprint density at radius 3 is 0.583 bits per heavy atom. The van der Waals surface area contributed by atoms with Crippen molar-refractivity contribution in [3.63, 3.8) is 0 Å². The fourth-order valence-corrected chi connectivity index (χ4v) is 0.289. The molecular formula is C28H68K6O2-6. The summed E-state index contributed by atoms with van der Waals surface area (Å²) in [5.41, 5.74) is 0. The summed E-state index contributed by atoms with van der Waals surface area (Å²) in [7, 11) is 0. The van der Waals surface area contributed by atoms with Crippen LogP contribution in [0, 0.1) is 97.9 Å². The molecule has 2 unspecified atom stereocenters. The Hall–Kier alpha value is 9.74. The third-order valence-electron chi connectivity index (χ3n) is 2.09. The molecule has 8 heteroatoms. The first kappa shape index (κ1) is 119. The molecule has 0 saturated carbocycles. The van der Waals surface area contributed by atoms with Crippen LogP contribution in [0.2, 0.25) is 0 Å². The molecule has 0 aliphatic carbocycles. The molecule has 0 N–H and O–H groups in total. The minimum Gasteiger partial charge on any atom is -0.414 e. The molecule has 204 valence electrons. The first-order valence-electron chi connectivity index (χ1n) is 9.19.